The molecule has 3 nitrogen and oxygen atoms in total. The van der Waals surface area contributed by atoms with Crippen LogP contribution in [-0.2, 0) is 9.53 Å². The minimum absolute atomic E-state index is 0.253. The molecule has 1 unspecified atom stereocenters. The first-order valence-electron chi connectivity index (χ1n) is 5.63. The zero-order chi connectivity index (χ0) is 11.3. The van der Waals surface area contributed by atoms with Crippen molar-refractivity contribution in [2.24, 2.45) is 5.92 Å². The Morgan fingerprint density at radius 2 is 2.27 bits per heavy atom. The lowest BCUT2D eigenvalue weighted by Crippen LogP contribution is -2.39. The smallest absolute Gasteiger partial charge is 0.330 e. The van der Waals surface area contributed by atoms with Gasteiger partial charge in [-0.3, -0.25) is 0 Å². The molecule has 0 radical (unpaired) electrons. The van der Waals surface area contributed by atoms with Gasteiger partial charge in [-0.25, -0.2) is 4.79 Å². The van der Waals surface area contributed by atoms with Crippen molar-refractivity contribution in [3.63, 3.8) is 0 Å². The number of piperidine rings is 1. The lowest BCUT2D eigenvalue weighted by atomic mass is 9.96. The summed E-state index contributed by atoms with van der Waals surface area (Å²) in [6, 6.07) is 0.597. The van der Waals surface area contributed by atoms with Crippen LogP contribution in [0.4, 0.5) is 0 Å². The number of esters is 1. The van der Waals surface area contributed by atoms with Crippen molar-refractivity contribution in [1.82, 2.24) is 4.90 Å². The van der Waals surface area contributed by atoms with E-state index in [2.05, 4.69) is 23.5 Å². The summed E-state index contributed by atoms with van der Waals surface area (Å²) in [7, 11) is 1.41. The number of carbonyl (C=O) groups excluding carboxylic acids is 1. The van der Waals surface area contributed by atoms with Crippen LogP contribution < -0.4 is 0 Å². The highest BCUT2D eigenvalue weighted by atomic mass is 16.5. The van der Waals surface area contributed by atoms with E-state index < -0.39 is 0 Å². The SMILES string of the molecule is COC(=O)/C=C\C1CCCN(C(C)C)C1. The molecular weight excluding hydrogens is 190 g/mol. The fraction of sp³-hybridized carbons (Fsp3) is 0.750. The summed E-state index contributed by atoms with van der Waals surface area (Å²) >= 11 is 0. The average molecular weight is 211 g/mol. The first-order chi connectivity index (χ1) is 7.13. The third-order valence-corrected chi connectivity index (χ3v) is 2.93. The maximum absolute atomic E-state index is 10.9. The standard InChI is InChI=1S/C12H21NO2/c1-10(2)13-8-4-5-11(9-13)6-7-12(14)15-3/h6-7,10-11H,4-5,8-9H2,1-3H3/b7-6-. The molecule has 0 aromatic heterocycles. The Balaban J connectivity index is 2.42. The lowest BCUT2D eigenvalue weighted by molar-refractivity contribution is -0.134. The van der Waals surface area contributed by atoms with Gasteiger partial charge in [-0.1, -0.05) is 6.08 Å². The topological polar surface area (TPSA) is 29.5 Å². The zero-order valence-electron chi connectivity index (χ0n) is 9.90. The summed E-state index contributed by atoms with van der Waals surface area (Å²) < 4.78 is 4.58. The van der Waals surface area contributed by atoms with Gasteiger partial charge in [-0.2, -0.15) is 0 Å². The maximum Gasteiger partial charge on any atom is 0.330 e. The van der Waals surface area contributed by atoms with Crippen molar-refractivity contribution in [2.45, 2.75) is 32.7 Å². The number of rotatable bonds is 3. The molecule has 0 bridgehead atoms. The second-order valence-corrected chi connectivity index (χ2v) is 4.37. The largest absolute Gasteiger partial charge is 0.466 e. The van der Waals surface area contributed by atoms with Gasteiger partial charge in [0.1, 0.15) is 0 Å². The number of ether oxygens (including phenoxy) is 1. The third kappa shape index (κ3) is 4.04. The van der Waals surface area contributed by atoms with Gasteiger partial charge >= 0.3 is 5.97 Å². The predicted octanol–water partition coefficient (Wildman–Crippen LogP) is 1.84. The van der Waals surface area contributed by atoms with Gasteiger partial charge in [0.15, 0.2) is 0 Å². The van der Waals surface area contributed by atoms with Crippen LogP contribution >= 0.6 is 0 Å². The molecule has 1 atom stereocenters. The Morgan fingerprint density at radius 3 is 2.87 bits per heavy atom. The maximum atomic E-state index is 10.9. The highest BCUT2D eigenvalue weighted by molar-refractivity contribution is 5.81. The molecule has 0 aliphatic carbocycles. The Labute approximate surface area is 92.1 Å². The molecule has 0 N–H and O–H groups in total. The minimum Gasteiger partial charge on any atom is -0.466 e. The molecule has 15 heavy (non-hydrogen) atoms. The monoisotopic (exact) mass is 211 g/mol. The number of likely N-dealkylation sites (tertiary alicyclic amines) is 1. The molecule has 1 aliphatic rings. The number of carbonyl (C=O) groups is 1. The Bertz CT molecular complexity index is 236. The molecule has 1 aliphatic heterocycles. The number of hydrogen-bond acceptors (Lipinski definition) is 3. The van der Waals surface area contributed by atoms with E-state index >= 15 is 0 Å². The molecule has 0 amide bonds. The van der Waals surface area contributed by atoms with E-state index in [0.29, 0.717) is 12.0 Å². The summed E-state index contributed by atoms with van der Waals surface area (Å²) in [5.41, 5.74) is 0. The third-order valence-electron chi connectivity index (χ3n) is 2.93. The van der Waals surface area contributed by atoms with Crippen molar-refractivity contribution < 1.29 is 9.53 Å². The molecule has 3 heteroatoms. The van der Waals surface area contributed by atoms with Crippen molar-refractivity contribution in [2.75, 3.05) is 20.2 Å². The number of nitrogens with zero attached hydrogens (tertiary/aromatic N) is 1. The van der Waals surface area contributed by atoms with Crippen LogP contribution in [-0.4, -0.2) is 37.1 Å². The van der Waals surface area contributed by atoms with Crippen LogP contribution in [0.5, 0.6) is 0 Å². The summed E-state index contributed by atoms with van der Waals surface area (Å²) in [5, 5.41) is 0. The van der Waals surface area contributed by atoms with Crippen molar-refractivity contribution in [3.05, 3.63) is 12.2 Å². The highest BCUT2D eigenvalue weighted by Gasteiger charge is 2.19. The van der Waals surface area contributed by atoms with Gasteiger partial charge in [0.2, 0.25) is 0 Å². The van der Waals surface area contributed by atoms with Gasteiger partial charge in [-0.05, 0) is 39.2 Å². The number of hydrogen-bond donors (Lipinski definition) is 0. The average Bonchev–Trinajstić information content (AvgIpc) is 2.26. The Kier molecular flexibility index (Phi) is 4.82. The molecule has 0 spiro atoms. The molecule has 1 saturated heterocycles. The van der Waals surface area contributed by atoms with Gasteiger partial charge in [0.05, 0.1) is 7.11 Å². The summed E-state index contributed by atoms with van der Waals surface area (Å²) in [6.07, 6.45) is 5.93. The fourth-order valence-corrected chi connectivity index (χ4v) is 1.95. The van der Waals surface area contributed by atoms with Gasteiger partial charge in [0.25, 0.3) is 0 Å². The second-order valence-electron chi connectivity index (χ2n) is 4.37. The van der Waals surface area contributed by atoms with Crippen molar-refractivity contribution in [1.29, 1.82) is 0 Å². The number of methoxy groups -OCH3 is 1. The summed E-state index contributed by atoms with van der Waals surface area (Å²) in [4.78, 5) is 13.4. The molecule has 0 saturated carbocycles. The van der Waals surface area contributed by atoms with Crippen LogP contribution in [0.15, 0.2) is 12.2 Å². The van der Waals surface area contributed by atoms with E-state index in [9.17, 15) is 4.79 Å². The molecule has 1 rings (SSSR count). The first kappa shape index (κ1) is 12.2. The predicted molar refractivity (Wildman–Crippen MR) is 60.6 cm³/mol. The quantitative estimate of drug-likeness (QED) is 0.527. The summed E-state index contributed by atoms with van der Waals surface area (Å²) in [6.45, 7) is 6.67. The van der Waals surface area contributed by atoms with E-state index in [4.69, 9.17) is 0 Å². The van der Waals surface area contributed by atoms with E-state index in [1.54, 1.807) is 6.08 Å². The van der Waals surface area contributed by atoms with Gasteiger partial charge in [-0.15, -0.1) is 0 Å². The van der Waals surface area contributed by atoms with E-state index in [0.717, 1.165) is 6.54 Å². The van der Waals surface area contributed by atoms with Gasteiger partial charge in [0, 0.05) is 18.7 Å². The summed E-state index contributed by atoms with van der Waals surface area (Å²) in [5.74, 6) is 0.247. The van der Waals surface area contributed by atoms with Gasteiger partial charge < -0.3 is 9.64 Å². The van der Waals surface area contributed by atoms with Crippen molar-refractivity contribution in [3.8, 4) is 0 Å². The molecule has 0 aromatic carbocycles. The van der Waals surface area contributed by atoms with E-state index in [-0.39, 0.29) is 5.97 Å². The lowest BCUT2D eigenvalue weighted by Gasteiger charge is -2.34. The van der Waals surface area contributed by atoms with Crippen LogP contribution in [0, 0.1) is 5.92 Å². The van der Waals surface area contributed by atoms with Crippen LogP contribution in [0.1, 0.15) is 26.7 Å². The van der Waals surface area contributed by atoms with Crippen LogP contribution in [0.2, 0.25) is 0 Å². The molecule has 0 aromatic rings. The molecule has 1 fully saturated rings. The first-order valence-corrected chi connectivity index (χ1v) is 5.63. The zero-order valence-corrected chi connectivity index (χ0v) is 9.90. The molecular formula is C12H21NO2. The fourth-order valence-electron chi connectivity index (χ4n) is 1.95. The minimum atomic E-state index is -0.253. The van der Waals surface area contributed by atoms with Crippen LogP contribution in [0.3, 0.4) is 0 Å². The Hall–Kier alpha value is -0.830. The molecule has 1 heterocycles. The van der Waals surface area contributed by atoms with Crippen LogP contribution in [0.25, 0.3) is 0 Å². The molecule has 86 valence electrons. The normalized spacial score (nSPS) is 23.6. The highest BCUT2D eigenvalue weighted by Crippen LogP contribution is 2.19. The van der Waals surface area contributed by atoms with E-state index in [1.807, 2.05) is 6.08 Å². The van der Waals surface area contributed by atoms with Crippen molar-refractivity contribution >= 4 is 5.97 Å². The second kappa shape index (κ2) is 5.91. The Morgan fingerprint density at radius 1 is 1.53 bits per heavy atom. The van der Waals surface area contributed by atoms with E-state index in [1.165, 1.54) is 26.5 Å².